The summed E-state index contributed by atoms with van der Waals surface area (Å²) in [5.41, 5.74) is 0. The van der Waals surface area contributed by atoms with Crippen LogP contribution in [0.25, 0.3) is 0 Å². The standard InChI is InChI=1S/C17H41NO2Si2/c1-9-12-14-18(22(7,8)17(4,5)6)15-13-16-21(19-10-2)20-11-3/h21H,9-16H2,1-8H3. The lowest BCUT2D eigenvalue weighted by Gasteiger charge is -2.46. The summed E-state index contributed by atoms with van der Waals surface area (Å²) in [4.78, 5) is 0. The van der Waals surface area contributed by atoms with E-state index >= 15 is 0 Å². The Balaban J connectivity index is 4.59. The van der Waals surface area contributed by atoms with Crippen molar-refractivity contribution in [3.63, 3.8) is 0 Å². The molecule has 0 saturated heterocycles. The van der Waals surface area contributed by atoms with E-state index in [-0.39, 0.29) is 0 Å². The number of nitrogens with zero attached hydrogens (tertiary/aromatic N) is 1. The van der Waals surface area contributed by atoms with Crippen LogP contribution in [0.2, 0.25) is 24.2 Å². The van der Waals surface area contributed by atoms with Gasteiger partial charge in [-0.2, -0.15) is 0 Å². The molecule has 5 heteroatoms. The predicted octanol–water partition coefficient (Wildman–Crippen LogP) is 4.78. The van der Waals surface area contributed by atoms with Crippen molar-refractivity contribution in [2.45, 2.75) is 85.0 Å². The average molecular weight is 348 g/mol. The van der Waals surface area contributed by atoms with Crippen molar-refractivity contribution in [1.82, 2.24) is 4.57 Å². The molecular weight excluding hydrogens is 306 g/mol. The lowest BCUT2D eigenvalue weighted by molar-refractivity contribution is 0.211. The molecule has 0 radical (unpaired) electrons. The van der Waals surface area contributed by atoms with Gasteiger partial charge >= 0.3 is 9.28 Å². The normalized spacial score (nSPS) is 13.4. The Bertz CT molecular complexity index is 274. The molecule has 0 heterocycles. The second-order valence-corrected chi connectivity index (χ2v) is 15.0. The highest BCUT2D eigenvalue weighted by Gasteiger charge is 2.40. The monoisotopic (exact) mass is 347 g/mol. The number of hydrogen-bond acceptors (Lipinski definition) is 3. The van der Waals surface area contributed by atoms with E-state index in [0.717, 1.165) is 19.3 Å². The third kappa shape index (κ3) is 7.73. The van der Waals surface area contributed by atoms with E-state index in [4.69, 9.17) is 8.85 Å². The first-order valence-electron chi connectivity index (χ1n) is 9.18. The van der Waals surface area contributed by atoms with E-state index in [2.05, 4.69) is 59.2 Å². The van der Waals surface area contributed by atoms with Crippen molar-refractivity contribution in [1.29, 1.82) is 0 Å². The van der Waals surface area contributed by atoms with Gasteiger partial charge in [0.05, 0.1) is 0 Å². The average Bonchev–Trinajstić information content (AvgIpc) is 2.41. The van der Waals surface area contributed by atoms with Crippen LogP contribution in [0.3, 0.4) is 0 Å². The van der Waals surface area contributed by atoms with Gasteiger partial charge in [-0.3, -0.25) is 0 Å². The first kappa shape index (κ1) is 22.3. The maximum atomic E-state index is 5.81. The zero-order valence-corrected chi connectivity index (χ0v) is 18.7. The van der Waals surface area contributed by atoms with Crippen LogP contribution < -0.4 is 0 Å². The molecule has 0 aliphatic carbocycles. The van der Waals surface area contributed by atoms with Gasteiger partial charge in [-0.25, -0.2) is 0 Å². The van der Waals surface area contributed by atoms with E-state index in [1.807, 2.05) is 0 Å². The van der Waals surface area contributed by atoms with Crippen LogP contribution in [0.4, 0.5) is 0 Å². The summed E-state index contributed by atoms with van der Waals surface area (Å²) in [5, 5.41) is 0.414. The summed E-state index contributed by atoms with van der Waals surface area (Å²) < 4.78 is 14.4. The van der Waals surface area contributed by atoms with Gasteiger partial charge in [0.15, 0.2) is 0 Å². The van der Waals surface area contributed by atoms with Crippen molar-refractivity contribution in [2.24, 2.45) is 0 Å². The quantitative estimate of drug-likeness (QED) is 0.474. The van der Waals surface area contributed by atoms with E-state index in [9.17, 15) is 0 Å². The van der Waals surface area contributed by atoms with Crippen molar-refractivity contribution in [2.75, 3.05) is 26.3 Å². The number of rotatable bonds is 12. The minimum absolute atomic E-state index is 0.414. The minimum Gasteiger partial charge on any atom is -0.397 e. The Kier molecular flexibility index (Phi) is 11.1. The van der Waals surface area contributed by atoms with E-state index in [1.165, 1.54) is 32.4 Å². The van der Waals surface area contributed by atoms with Crippen LogP contribution in [0.1, 0.15) is 60.8 Å². The molecule has 0 aliphatic heterocycles. The molecule has 22 heavy (non-hydrogen) atoms. The Morgan fingerprint density at radius 1 is 0.909 bits per heavy atom. The highest BCUT2D eigenvalue weighted by Crippen LogP contribution is 2.38. The van der Waals surface area contributed by atoms with Crippen LogP contribution in [0.5, 0.6) is 0 Å². The molecule has 0 aromatic heterocycles. The van der Waals surface area contributed by atoms with Crippen LogP contribution >= 0.6 is 0 Å². The fourth-order valence-corrected chi connectivity index (χ4v) is 6.60. The van der Waals surface area contributed by atoms with Gasteiger partial charge in [-0.1, -0.05) is 47.2 Å². The molecule has 0 bridgehead atoms. The molecule has 0 aliphatic rings. The maximum Gasteiger partial charge on any atom is 0.321 e. The lowest BCUT2D eigenvalue weighted by Crippen LogP contribution is -2.55. The lowest BCUT2D eigenvalue weighted by atomic mass is 10.2. The molecule has 0 rings (SSSR count). The van der Waals surface area contributed by atoms with Crippen molar-refractivity contribution in [3.05, 3.63) is 0 Å². The topological polar surface area (TPSA) is 21.7 Å². The molecule has 0 saturated carbocycles. The molecule has 0 spiro atoms. The van der Waals surface area contributed by atoms with E-state index < -0.39 is 17.5 Å². The Hall–Kier alpha value is 0.314. The molecule has 0 atom stereocenters. The van der Waals surface area contributed by atoms with Crippen LogP contribution in [0.15, 0.2) is 0 Å². The minimum atomic E-state index is -1.43. The van der Waals surface area contributed by atoms with Crippen molar-refractivity contribution < 1.29 is 8.85 Å². The Labute approximate surface area is 142 Å². The molecule has 0 N–H and O–H groups in total. The summed E-state index contributed by atoms with van der Waals surface area (Å²) in [6, 6.07) is 1.14. The summed E-state index contributed by atoms with van der Waals surface area (Å²) in [5.74, 6) is 0. The molecule has 0 aromatic carbocycles. The summed E-state index contributed by atoms with van der Waals surface area (Å²) in [7, 11) is -2.84. The van der Waals surface area contributed by atoms with Gasteiger partial charge in [-0.15, -0.1) is 0 Å². The Morgan fingerprint density at radius 3 is 1.82 bits per heavy atom. The molecular formula is C17H41NO2Si2. The van der Waals surface area contributed by atoms with Crippen molar-refractivity contribution in [3.8, 4) is 0 Å². The van der Waals surface area contributed by atoms with Gasteiger partial charge in [-0.05, 0) is 50.9 Å². The third-order valence-electron chi connectivity index (χ3n) is 4.98. The van der Waals surface area contributed by atoms with Gasteiger partial charge in [0.2, 0.25) is 0 Å². The van der Waals surface area contributed by atoms with Gasteiger partial charge < -0.3 is 13.4 Å². The SMILES string of the molecule is CCCCN(CCC[SiH](OCC)OCC)[Si](C)(C)C(C)(C)C. The molecule has 0 amide bonds. The van der Waals surface area contributed by atoms with E-state index in [0.29, 0.717) is 5.04 Å². The summed E-state index contributed by atoms with van der Waals surface area (Å²) >= 11 is 0. The maximum absolute atomic E-state index is 5.81. The first-order valence-corrected chi connectivity index (χ1v) is 13.9. The fourth-order valence-electron chi connectivity index (χ4n) is 2.53. The van der Waals surface area contributed by atoms with Crippen LogP contribution in [0, 0.1) is 0 Å². The summed E-state index contributed by atoms with van der Waals surface area (Å²) in [6.45, 7) is 22.8. The third-order valence-corrected chi connectivity index (χ3v) is 13.0. The van der Waals surface area contributed by atoms with Crippen LogP contribution in [-0.4, -0.2) is 48.4 Å². The predicted molar refractivity (Wildman–Crippen MR) is 104 cm³/mol. The second-order valence-electron chi connectivity index (χ2n) is 7.63. The summed E-state index contributed by atoms with van der Waals surface area (Å²) in [6.07, 6.45) is 3.80. The largest absolute Gasteiger partial charge is 0.397 e. The zero-order chi connectivity index (χ0) is 17.2. The molecule has 0 fully saturated rings. The van der Waals surface area contributed by atoms with Gasteiger partial charge in [0, 0.05) is 13.2 Å². The Morgan fingerprint density at radius 2 is 1.41 bits per heavy atom. The van der Waals surface area contributed by atoms with Gasteiger partial charge in [0.25, 0.3) is 0 Å². The number of unbranched alkanes of at least 4 members (excludes halogenated alkanes) is 1. The van der Waals surface area contributed by atoms with Gasteiger partial charge in [0.1, 0.15) is 8.24 Å². The second kappa shape index (κ2) is 11.0. The van der Waals surface area contributed by atoms with E-state index in [1.54, 1.807) is 0 Å². The molecule has 134 valence electrons. The highest BCUT2D eigenvalue weighted by atomic mass is 28.3. The molecule has 3 nitrogen and oxygen atoms in total. The number of hydrogen-bond donors (Lipinski definition) is 0. The van der Waals surface area contributed by atoms with Crippen molar-refractivity contribution >= 4 is 17.5 Å². The zero-order valence-electron chi connectivity index (χ0n) is 16.5. The fraction of sp³-hybridized carbons (Fsp3) is 1.00. The smallest absolute Gasteiger partial charge is 0.321 e. The van der Waals surface area contributed by atoms with Crippen LogP contribution in [-0.2, 0) is 8.85 Å². The first-order chi connectivity index (χ1) is 10.2. The molecule has 0 unspecified atom stereocenters. The molecule has 0 aromatic rings. The highest BCUT2D eigenvalue weighted by molar-refractivity contribution is 6.77.